The number of esters is 1. The van der Waals surface area contributed by atoms with E-state index in [1.54, 1.807) is 0 Å². The largest absolute Gasteiger partial charge is 0.461 e. The molecule has 3 atom stereocenters. The zero-order chi connectivity index (χ0) is 38.2. The smallest absolute Gasteiger partial charge is 0.306 e. The van der Waals surface area contributed by atoms with Gasteiger partial charge in [-0.2, -0.15) is 0 Å². The van der Waals surface area contributed by atoms with Crippen LogP contribution in [0.1, 0.15) is 181 Å². The highest BCUT2D eigenvalue weighted by Crippen LogP contribution is 2.15. The number of ether oxygens (including phenoxy) is 1. The first-order valence-electron chi connectivity index (χ1n) is 21.2. The van der Waals surface area contributed by atoms with Crippen molar-refractivity contribution in [2.45, 2.75) is 200 Å². The van der Waals surface area contributed by atoms with Crippen molar-refractivity contribution in [1.82, 2.24) is 5.32 Å². The first kappa shape index (κ1) is 49.3. The molecule has 0 rings (SSSR count). The van der Waals surface area contributed by atoms with Crippen molar-refractivity contribution in [2.24, 2.45) is 0 Å². The first-order chi connectivity index (χ1) is 25.5. The number of carbonyl (C=O) groups is 2. The number of rotatable bonds is 36. The molecule has 0 spiro atoms. The molecule has 298 valence electrons. The zero-order valence-corrected chi connectivity index (χ0v) is 33.7. The average molecular weight is 726 g/mol. The van der Waals surface area contributed by atoms with Crippen LogP contribution in [0.25, 0.3) is 0 Å². The van der Waals surface area contributed by atoms with E-state index in [-0.39, 0.29) is 24.9 Å². The van der Waals surface area contributed by atoms with E-state index in [2.05, 4.69) is 44.3 Å². The summed E-state index contributed by atoms with van der Waals surface area (Å²) >= 11 is 0. The quantitative estimate of drug-likeness (QED) is 0.0259. The Kier molecular flexibility index (Phi) is 37.5. The van der Waals surface area contributed by atoms with Gasteiger partial charge in [0, 0.05) is 12.8 Å². The Morgan fingerprint density at radius 1 is 0.596 bits per heavy atom. The Labute approximate surface area is 320 Å². The summed E-state index contributed by atoms with van der Waals surface area (Å²) in [6, 6.07) is -0.741. The van der Waals surface area contributed by atoms with Crippen LogP contribution in [0.3, 0.4) is 0 Å². The summed E-state index contributed by atoms with van der Waals surface area (Å²) in [6.07, 6.45) is 48.4. The van der Waals surface area contributed by atoms with Gasteiger partial charge in [-0.25, -0.2) is 0 Å². The van der Waals surface area contributed by atoms with Gasteiger partial charge in [-0.3, -0.25) is 9.59 Å². The van der Waals surface area contributed by atoms with E-state index >= 15 is 0 Å². The Morgan fingerprint density at radius 3 is 1.62 bits per heavy atom. The van der Waals surface area contributed by atoms with Gasteiger partial charge < -0.3 is 20.3 Å². The molecular weight excluding hydrogens is 647 g/mol. The molecule has 0 saturated carbocycles. The SMILES string of the molecule is CC/C=C/C=C/C=C\C=C/C=C/CC(CC(=O)NC(CO)C(O)CCCCCCCCCCC)OC(=O)CCCCC/C=C\CCCCCCCC. The lowest BCUT2D eigenvalue weighted by atomic mass is 10.0. The van der Waals surface area contributed by atoms with Gasteiger partial charge >= 0.3 is 5.97 Å². The zero-order valence-electron chi connectivity index (χ0n) is 33.7. The van der Waals surface area contributed by atoms with Gasteiger partial charge in [-0.05, 0) is 44.9 Å². The Bertz CT molecular complexity index is 995. The number of aliphatic hydroxyl groups is 2. The van der Waals surface area contributed by atoms with E-state index in [1.165, 1.54) is 77.0 Å². The van der Waals surface area contributed by atoms with Gasteiger partial charge in [0.05, 0.1) is 25.2 Å². The maximum absolute atomic E-state index is 13.0. The van der Waals surface area contributed by atoms with Crippen molar-refractivity contribution in [3.63, 3.8) is 0 Å². The van der Waals surface area contributed by atoms with Crippen molar-refractivity contribution < 1.29 is 24.5 Å². The van der Waals surface area contributed by atoms with Crippen molar-refractivity contribution in [3.05, 3.63) is 72.9 Å². The highest BCUT2D eigenvalue weighted by Gasteiger charge is 2.23. The third-order valence-electron chi connectivity index (χ3n) is 9.15. The molecule has 0 aromatic heterocycles. The molecule has 0 saturated heterocycles. The van der Waals surface area contributed by atoms with E-state index in [4.69, 9.17) is 4.74 Å². The molecule has 0 heterocycles. The highest BCUT2D eigenvalue weighted by atomic mass is 16.5. The first-order valence-corrected chi connectivity index (χ1v) is 21.2. The number of allylic oxidation sites excluding steroid dienone is 11. The van der Waals surface area contributed by atoms with Gasteiger partial charge in [-0.15, -0.1) is 0 Å². The summed E-state index contributed by atoms with van der Waals surface area (Å²) in [5.41, 5.74) is 0. The molecule has 0 aliphatic carbocycles. The molecule has 0 aliphatic heterocycles. The topological polar surface area (TPSA) is 95.9 Å². The molecule has 0 radical (unpaired) electrons. The fourth-order valence-corrected chi connectivity index (χ4v) is 5.91. The summed E-state index contributed by atoms with van der Waals surface area (Å²) in [7, 11) is 0. The maximum atomic E-state index is 13.0. The Morgan fingerprint density at radius 2 is 1.08 bits per heavy atom. The molecule has 3 unspecified atom stereocenters. The lowest BCUT2D eigenvalue weighted by Crippen LogP contribution is -2.46. The van der Waals surface area contributed by atoms with Gasteiger partial charge in [0.15, 0.2) is 0 Å². The predicted octanol–water partition coefficient (Wildman–Crippen LogP) is 11.9. The molecule has 52 heavy (non-hydrogen) atoms. The summed E-state index contributed by atoms with van der Waals surface area (Å²) in [4.78, 5) is 25.8. The van der Waals surface area contributed by atoms with E-state index in [0.29, 0.717) is 19.3 Å². The Hall–Kier alpha value is -2.70. The number of amides is 1. The van der Waals surface area contributed by atoms with Crippen molar-refractivity contribution in [2.75, 3.05) is 6.61 Å². The van der Waals surface area contributed by atoms with Crippen LogP contribution in [-0.2, 0) is 14.3 Å². The monoisotopic (exact) mass is 726 g/mol. The second kappa shape index (κ2) is 39.5. The molecule has 0 aromatic carbocycles. The van der Waals surface area contributed by atoms with Crippen molar-refractivity contribution >= 4 is 11.9 Å². The molecular formula is C46H79NO5. The van der Waals surface area contributed by atoms with Gasteiger partial charge in [-0.1, -0.05) is 190 Å². The number of carbonyl (C=O) groups excluding carboxylic acids is 2. The van der Waals surface area contributed by atoms with Crippen LogP contribution in [0.5, 0.6) is 0 Å². The number of aliphatic hydroxyl groups excluding tert-OH is 2. The molecule has 6 heteroatoms. The second-order valence-electron chi connectivity index (χ2n) is 14.1. The number of hydrogen-bond donors (Lipinski definition) is 3. The van der Waals surface area contributed by atoms with Crippen molar-refractivity contribution in [1.29, 1.82) is 0 Å². The van der Waals surface area contributed by atoms with Crippen LogP contribution in [0, 0.1) is 0 Å². The molecule has 0 fully saturated rings. The third-order valence-corrected chi connectivity index (χ3v) is 9.15. The van der Waals surface area contributed by atoms with Gasteiger partial charge in [0.25, 0.3) is 0 Å². The fourth-order valence-electron chi connectivity index (χ4n) is 5.91. The van der Waals surface area contributed by atoms with E-state index in [0.717, 1.165) is 57.8 Å². The minimum absolute atomic E-state index is 0.0274. The van der Waals surface area contributed by atoms with Crippen molar-refractivity contribution in [3.8, 4) is 0 Å². The third kappa shape index (κ3) is 34.4. The van der Waals surface area contributed by atoms with Crippen LogP contribution in [-0.4, -0.2) is 46.9 Å². The molecule has 6 nitrogen and oxygen atoms in total. The predicted molar refractivity (Wildman–Crippen MR) is 222 cm³/mol. The van der Waals surface area contributed by atoms with Crippen LogP contribution in [0.2, 0.25) is 0 Å². The van der Waals surface area contributed by atoms with Crippen LogP contribution >= 0.6 is 0 Å². The summed E-state index contributed by atoms with van der Waals surface area (Å²) in [5.74, 6) is -0.636. The molecule has 0 aliphatic rings. The molecule has 0 aromatic rings. The minimum atomic E-state index is -0.819. The number of hydrogen-bond acceptors (Lipinski definition) is 5. The normalized spacial score (nSPS) is 14.2. The van der Waals surface area contributed by atoms with Crippen LogP contribution in [0.4, 0.5) is 0 Å². The standard InChI is InChI=1S/C46H79NO5/c1-4-7-10-13-16-19-21-22-24-27-30-33-36-39-46(51)52-42(37-34-31-28-26-23-20-17-14-11-8-5-2)40-45(50)47-43(41-48)44(49)38-35-32-29-25-18-15-12-9-6-3/h8,11,14,17,20,22-24,26,28,31,34,42-44,48-49H,4-7,9-10,12-13,15-16,18-19,21,25,27,29-30,32-33,35-41H2,1-3H3,(H,47,50)/b11-8+,17-14+,23-20-,24-22-,28-26-,34-31+. The Balaban J connectivity index is 4.80. The van der Waals surface area contributed by atoms with Gasteiger partial charge in [0.1, 0.15) is 6.10 Å². The average Bonchev–Trinajstić information content (AvgIpc) is 3.13. The van der Waals surface area contributed by atoms with E-state index in [1.807, 2.05) is 54.7 Å². The molecule has 0 bridgehead atoms. The molecule has 3 N–H and O–H groups in total. The summed E-state index contributed by atoms with van der Waals surface area (Å²) in [6.45, 7) is 6.23. The maximum Gasteiger partial charge on any atom is 0.306 e. The van der Waals surface area contributed by atoms with Crippen LogP contribution in [0.15, 0.2) is 72.9 Å². The van der Waals surface area contributed by atoms with Crippen LogP contribution < -0.4 is 5.32 Å². The van der Waals surface area contributed by atoms with E-state index in [9.17, 15) is 19.8 Å². The highest BCUT2D eigenvalue weighted by molar-refractivity contribution is 5.77. The second-order valence-corrected chi connectivity index (χ2v) is 14.1. The fraction of sp³-hybridized carbons (Fsp3) is 0.696. The lowest BCUT2D eigenvalue weighted by Gasteiger charge is -2.24. The van der Waals surface area contributed by atoms with E-state index < -0.39 is 18.2 Å². The number of nitrogens with one attached hydrogen (secondary N) is 1. The minimum Gasteiger partial charge on any atom is -0.461 e. The number of unbranched alkanes of at least 4 members (excludes halogenated alkanes) is 17. The summed E-state index contributed by atoms with van der Waals surface area (Å²) < 4.78 is 5.79. The lowest BCUT2D eigenvalue weighted by molar-refractivity contribution is -0.150. The summed E-state index contributed by atoms with van der Waals surface area (Å²) in [5, 5.41) is 23.4. The molecule has 1 amide bonds. The van der Waals surface area contributed by atoms with Gasteiger partial charge in [0.2, 0.25) is 5.91 Å².